The minimum atomic E-state index is 0.365. The Labute approximate surface area is 127 Å². The van der Waals surface area contributed by atoms with Crippen molar-refractivity contribution in [3.63, 3.8) is 0 Å². The summed E-state index contributed by atoms with van der Waals surface area (Å²) in [5, 5.41) is 4.83. The second kappa shape index (κ2) is 7.53. The maximum Gasteiger partial charge on any atom is 0.0900 e. The molecule has 0 amide bonds. The van der Waals surface area contributed by atoms with Gasteiger partial charge in [-0.25, -0.2) is 4.98 Å². The second-order valence-electron chi connectivity index (χ2n) is 6.27. The average Bonchev–Trinajstić information content (AvgIpc) is 2.76. The van der Waals surface area contributed by atoms with Crippen LogP contribution in [0.25, 0.3) is 0 Å². The van der Waals surface area contributed by atoms with Gasteiger partial charge in [0.15, 0.2) is 0 Å². The maximum atomic E-state index is 4.65. The fourth-order valence-corrected chi connectivity index (χ4v) is 3.98. The molecule has 1 fully saturated rings. The SMILES string of the molecule is Cc1nc(C(C)NCC(C)CN2CCCCC2)c(C)s1. The monoisotopic (exact) mass is 295 g/mol. The van der Waals surface area contributed by atoms with Crippen molar-refractivity contribution in [3.8, 4) is 0 Å². The summed E-state index contributed by atoms with van der Waals surface area (Å²) in [5.41, 5.74) is 1.23. The molecule has 4 heteroatoms. The van der Waals surface area contributed by atoms with Crippen molar-refractivity contribution >= 4 is 11.3 Å². The first kappa shape index (κ1) is 15.9. The van der Waals surface area contributed by atoms with E-state index in [0.717, 1.165) is 6.54 Å². The Morgan fingerprint density at radius 3 is 2.50 bits per heavy atom. The highest BCUT2D eigenvalue weighted by molar-refractivity contribution is 7.11. The molecule has 3 nitrogen and oxygen atoms in total. The molecular weight excluding hydrogens is 266 g/mol. The van der Waals surface area contributed by atoms with Gasteiger partial charge in [0.1, 0.15) is 0 Å². The van der Waals surface area contributed by atoms with Crippen molar-refractivity contribution < 1.29 is 0 Å². The molecule has 1 aliphatic heterocycles. The Morgan fingerprint density at radius 2 is 1.90 bits per heavy atom. The van der Waals surface area contributed by atoms with E-state index in [2.05, 4.69) is 42.9 Å². The van der Waals surface area contributed by atoms with E-state index in [0.29, 0.717) is 12.0 Å². The molecule has 1 saturated heterocycles. The highest BCUT2D eigenvalue weighted by Crippen LogP contribution is 2.22. The number of nitrogens with one attached hydrogen (secondary N) is 1. The number of aromatic nitrogens is 1. The Hall–Kier alpha value is -0.450. The average molecular weight is 295 g/mol. The first-order valence-corrected chi connectivity index (χ1v) is 8.77. The van der Waals surface area contributed by atoms with Gasteiger partial charge in [0, 0.05) is 17.5 Å². The molecule has 2 heterocycles. The first-order valence-electron chi connectivity index (χ1n) is 7.96. The van der Waals surface area contributed by atoms with Crippen LogP contribution in [0.1, 0.15) is 54.7 Å². The molecule has 20 heavy (non-hydrogen) atoms. The smallest absolute Gasteiger partial charge is 0.0900 e. The lowest BCUT2D eigenvalue weighted by molar-refractivity contribution is 0.197. The van der Waals surface area contributed by atoms with E-state index in [-0.39, 0.29) is 0 Å². The highest BCUT2D eigenvalue weighted by Gasteiger charge is 2.16. The zero-order valence-corrected chi connectivity index (χ0v) is 14.2. The molecule has 0 radical (unpaired) electrons. The van der Waals surface area contributed by atoms with Gasteiger partial charge in [-0.1, -0.05) is 13.3 Å². The van der Waals surface area contributed by atoms with Gasteiger partial charge < -0.3 is 10.2 Å². The summed E-state index contributed by atoms with van der Waals surface area (Å²) in [6.07, 6.45) is 4.18. The lowest BCUT2D eigenvalue weighted by atomic mass is 10.1. The van der Waals surface area contributed by atoms with Crippen LogP contribution in [0.15, 0.2) is 0 Å². The Bertz CT molecular complexity index is 410. The highest BCUT2D eigenvalue weighted by atomic mass is 32.1. The van der Waals surface area contributed by atoms with Crippen molar-refractivity contribution in [1.82, 2.24) is 15.2 Å². The largest absolute Gasteiger partial charge is 0.309 e. The van der Waals surface area contributed by atoms with Gasteiger partial charge in [-0.3, -0.25) is 0 Å². The number of rotatable bonds is 6. The Balaban J connectivity index is 1.74. The molecule has 114 valence electrons. The van der Waals surface area contributed by atoms with E-state index in [1.807, 2.05) is 0 Å². The molecule has 0 spiro atoms. The predicted octanol–water partition coefficient (Wildman–Crippen LogP) is 3.53. The molecule has 0 bridgehead atoms. The van der Waals surface area contributed by atoms with E-state index >= 15 is 0 Å². The topological polar surface area (TPSA) is 28.2 Å². The van der Waals surface area contributed by atoms with Gasteiger partial charge in [0.2, 0.25) is 0 Å². The number of aryl methyl sites for hydroxylation is 2. The lowest BCUT2D eigenvalue weighted by Gasteiger charge is -2.29. The number of piperidine rings is 1. The molecule has 0 aliphatic carbocycles. The predicted molar refractivity (Wildman–Crippen MR) is 87.5 cm³/mol. The fraction of sp³-hybridized carbons (Fsp3) is 0.812. The zero-order chi connectivity index (χ0) is 14.5. The third-order valence-electron chi connectivity index (χ3n) is 4.14. The van der Waals surface area contributed by atoms with E-state index in [4.69, 9.17) is 0 Å². The van der Waals surface area contributed by atoms with E-state index in [1.54, 1.807) is 11.3 Å². The minimum Gasteiger partial charge on any atom is -0.309 e. The summed E-state index contributed by atoms with van der Waals surface area (Å²) in [6, 6.07) is 0.365. The molecule has 1 N–H and O–H groups in total. The molecule has 0 aromatic carbocycles. The maximum absolute atomic E-state index is 4.65. The first-order chi connectivity index (χ1) is 9.56. The van der Waals surface area contributed by atoms with Gasteiger partial charge in [-0.2, -0.15) is 0 Å². The summed E-state index contributed by atoms with van der Waals surface area (Å²) in [6.45, 7) is 13.8. The number of hydrogen-bond acceptors (Lipinski definition) is 4. The molecule has 1 aromatic rings. The number of nitrogens with zero attached hydrogens (tertiary/aromatic N) is 2. The van der Waals surface area contributed by atoms with Gasteiger partial charge in [-0.05, 0) is 59.2 Å². The van der Waals surface area contributed by atoms with Crippen LogP contribution in [-0.4, -0.2) is 36.1 Å². The summed E-state index contributed by atoms with van der Waals surface area (Å²) >= 11 is 1.80. The van der Waals surface area contributed by atoms with Crippen LogP contribution in [0, 0.1) is 19.8 Å². The standard InChI is InChI=1S/C16H29N3S/c1-12(11-19-8-6-5-7-9-19)10-17-13(2)16-14(3)20-15(4)18-16/h12-13,17H,5-11H2,1-4H3. The van der Waals surface area contributed by atoms with Crippen molar-refractivity contribution in [2.24, 2.45) is 5.92 Å². The lowest BCUT2D eigenvalue weighted by Crippen LogP contribution is -2.37. The normalized spacial score (nSPS) is 20.0. The van der Waals surface area contributed by atoms with E-state index in [1.165, 1.54) is 54.5 Å². The van der Waals surface area contributed by atoms with Gasteiger partial charge in [0.05, 0.1) is 10.7 Å². The van der Waals surface area contributed by atoms with Crippen LogP contribution < -0.4 is 5.32 Å². The molecule has 2 unspecified atom stereocenters. The fourth-order valence-electron chi connectivity index (χ4n) is 3.07. The Morgan fingerprint density at radius 1 is 1.20 bits per heavy atom. The minimum absolute atomic E-state index is 0.365. The molecule has 2 rings (SSSR count). The van der Waals surface area contributed by atoms with Gasteiger partial charge in [0.25, 0.3) is 0 Å². The summed E-state index contributed by atoms with van der Waals surface area (Å²) in [4.78, 5) is 8.63. The quantitative estimate of drug-likeness (QED) is 0.870. The van der Waals surface area contributed by atoms with E-state index < -0.39 is 0 Å². The molecule has 1 aromatic heterocycles. The van der Waals surface area contributed by atoms with Crippen LogP contribution in [0.4, 0.5) is 0 Å². The van der Waals surface area contributed by atoms with Crippen LogP contribution in [0.3, 0.4) is 0 Å². The Kier molecular flexibility index (Phi) is 6.00. The third kappa shape index (κ3) is 4.54. The van der Waals surface area contributed by atoms with Crippen LogP contribution in [-0.2, 0) is 0 Å². The molecule has 0 saturated carbocycles. The van der Waals surface area contributed by atoms with Gasteiger partial charge >= 0.3 is 0 Å². The van der Waals surface area contributed by atoms with Crippen LogP contribution in [0.2, 0.25) is 0 Å². The third-order valence-corrected chi connectivity index (χ3v) is 5.04. The second-order valence-corrected chi connectivity index (χ2v) is 7.68. The van der Waals surface area contributed by atoms with Crippen molar-refractivity contribution in [1.29, 1.82) is 0 Å². The zero-order valence-electron chi connectivity index (χ0n) is 13.4. The summed E-state index contributed by atoms with van der Waals surface area (Å²) in [7, 11) is 0. The molecule has 2 atom stereocenters. The molecular formula is C16H29N3S. The van der Waals surface area contributed by atoms with Crippen LogP contribution >= 0.6 is 11.3 Å². The molecule has 1 aliphatic rings. The summed E-state index contributed by atoms with van der Waals surface area (Å²) in [5.74, 6) is 0.704. The van der Waals surface area contributed by atoms with Crippen molar-refractivity contribution in [2.75, 3.05) is 26.2 Å². The van der Waals surface area contributed by atoms with Crippen molar-refractivity contribution in [3.05, 3.63) is 15.6 Å². The number of hydrogen-bond donors (Lipinski definition) is 1. The van der Waals surface area contributed by atoms with Gasteiger partial charge in [-0.15, -0.1) is 11.3 Å². The number of thiazole rings is 1. The van der Waals surface area contributed by atoms with Crippen LogP contribution in [0.5, 0.6) is 0 Å². The summed E-state index contributed by atoms with van der Waals surface area (Å²) < 4.78 is 0. The van der Waals surface area contributed by atoms with Crippen molar-refractivity contribution in [2.45, 2.75) is 53.0 Å². The van der Waals surface area contributed by atoms with E-state index in [9.17, 15) is 0 Å². The number of likely N-dealkylation sites (tertiary alicyclic amines) is 1.